The van der Waals surface area contributed by atoms with Gasteiger partial charge in [-0.2, -0.15) is 0 Å². The van der Waals surface area contributed by atoms with Crippen LogP contribution in [0.15, 0.2) is 12.2 Å². The van der Waals surface area contributed by atoms with Crippen LogP contribution in [0, 0.1) is 0 Å². The van der Waals surface area contributed by atoms with Gasteiger partial charge in [0.1, 0.15) is 0 Å². The Kier molecular flexibility index (Phi) is 11.0. The second-order valence-corrected chi connectivity index (χ2v) is 3.51. The summed E-state index contributed by atoms with van der Waals surface area (Å²) < 4.78 is 10.2. The fourth-order valence-electron chi connectivity index (χ4n) is 1.20. The van der Waals surface area contributed by atoms with E-state index in [1.165, 1.54) is 6.42 Å². The van der Waals surface area contributed by atoms with Crippen molar-refractivity contribution in [1.82, 2.24) is 0 Å². The quantitative estimate of drug-likeness (QED) is 0.257. The molecular weight excluding hydrogens is 200 g/mol. The summed E-state index contributed by atoms with van der Waals surface area (Å²) in [6.45, 7) is 0. The number of rotatable bonds is 9. The van der Waals surface area contributed by atoms with Crippen molar-refractivity contribution < 1.29 is 9.47 Å². The second-order valence-electron chi connectivity index (χ2n) is 3.13. The maximum Gasteiger partial charge on any atom is 0.156 e. The van der Waals surface area contributed by atoms with Gasteiger partial charge in [0.2, 0.25) is 0 Å². The standard InChI is InChI=1S/C11H21ClO2/c1-13-11(14-2)9-7-5-3-4-6-8-10-12/h4,6,11H,3,5,7-10H2,1-2H3/b6-4+. The molecule has 0 aromatic rings. The number of hydrogen-bond acceptors (Lipinski definition) is 2. The van der Waals surface area contributed by atoms with E-state index in [4.69, 9.17) is 21.1 Å². The first kappa shape index (κ1) is 13.9. The highest BCUT2D eigenvalue weighted by Crippen LogP contribution is 2.07. The Morgan fingerprint density at radius 1 is 1.07 bits per heavy atom. The van der Waals surface area contributed by atoms with Gasteiger partial charge in [0.25, 0.3) is 0 Å². The van der Waals surface area contributed by atoms with Crippen molar-refractivity contribution in [2.24, 2.45) is 0 Å². The van der Waals surface area contributed by atoms with Gasteiger partial charge in [-0.3, -0.25) is 0 Å². The zero-order valence-corrected chi connectivity index (χ0v) is 9.93. The molecule has 0 rings (SSSR count). The van der Waals surface area contributed by atoms with Gasteiger partial charge in [-0.05, 0) is 32.1 Å². The Morgan fingerprint density at radius 2 is 1.71 bits per heavy atom. The first-order valence-electron chi connectivity index (χ1n) is 5.11. The predicted octanol–water partition coefficient (Wildman–Crippen LogP) is 3.35. The summed E-state index contributed by atoms with van der Waals surface area (Å²) >= 11 is 5.54. The Hall–Kier alpha value is -0.0500. The van der Waals surface area contributed by atoms with Crippen LogP contribution in [-0.2, 0) is 9.47 Å². The Balaban J connectivity index is 3.19. The SMILES string of the molecule is COC(CCCC/C=C/CCCl)OC. The summed E-state index contributed by atoms with van der Waals surface area (Å²) in [5.74, 6) is 0.714. The number of alkyl halides is 1. The van der Waals surface area contributed by atoms with Crippen LogP contribution in [0.2, 0.25) is 0 Å². The number of ether oxygens (including phenoxy) is 2. The molecule has 0 saturated carbocycles. The highest BCUT2D eigenvalue weighted by Gasteiger charge is 2.02. The average Bonchev–Trinajstić information content (AvgIpc) is 2.22. The highest BCUT2D eigenvalue weighted by molar-refractivity contribution is 6.17. The van der Waals surface area contributed by atoms with Crippen molar-refractivity contribution in [3.63, 3.8) is 0 Å². The lowest BCUT2D eigenvalue weighted by Crippen LogP contribution is -2.12. The van der Waals surface area contributed by atoms with Gasteiger partial charge >= 0.3 is 0 Å². The van der Waals surface area contributed by atoms with Crippen molar-refractivity contribution in [2.45, 2.75) is 38.4 Å². The van der Waals surface area contributed by atoms with E-state index in [-0.39, 0.29) is 6.29 Å². The maximum absolute atomic E-state index is 5.54. The van der Waals surface area contributed by atoms with Crippen LogP contribution in [0.1, 0.15) is 32.1 Å². The van der Waals surface area contributed by atoms with Crippen LogP contribution in [-0.4, -0.2) is 26.4 Å². The topological polar surface area (TPSA) is 18.5 Å². The van der Waals surface area contributed by atoms with E-state index in [1.807, 2.05) is 0 Å². The van der Waals surface area contributed by atoms with E-state index in [9.17, 15) is 0 Å². The van der Waals surface area contributed by atoms with Crippen LogP contribution in [0.4, 0.5) is 0 Å². The summed E-state index contributed by atoms with van der Waals surface area (Å²) in [7, 11) is 3.35. The molecule has 0 radical (unpaired) electrons. The molecule has 2 nitrogen and oxygen atoms in total. The van der Waals surface area contributed by atoms with Crippen molar-refractivity contribution in [1.29, 1.82) is 0 Å². The second kappa shape index (κ2) is 11.0. The molecule has 0 aliphatic heterocycles. The van der Waals surface area contributed by atoms with E-state index < -0.39 is 0 Å². The van der Waals surface area contributed by atoms with Crippen molar-refractivity contribution in [3.8, 4) is 0 Å². The van der Waals surface area contributed by atoms with Crippen LogP contribution >= 0.6 is 11.6 Å². The maximum atomic E-state index is 5.54. The van der Waals surface area contributed by atoms with Crippen molar-refractivity contribution in [3.05, 3.63) is 12.2 Å². The molecule has 0 bridgehead atoms. The third-order valence-corrected chi connectivity index (χ3v) is 2.25. The molecule has 0 fully saturated rings. The molecule has 14 heavy (non-hydrogen) atoms. The molecule has 0 aliphatic carbocycles. The Labute approximate surface area is 92.2 Å². The summed E-state index contributed by atoms with van der Waals surface area (Å²) in [4.78, 5) is 0. The third-order valence-electron chi connectivity index (χ3n) is 2.03. The van der Waals surface area contributed by atoms with Gasteiger partial charge in [0, 0.05) is 20.1 Å². The Morgan fingerprint density at radius 3 is 2.29 bits per heavy atom. The molecule has 0 aromatic carbocycles. The van der Waals surface area contributed by atoms with E-state index in [2.05, 4.69) is 12.2 Å². The molecule has 84 valence electrons. The van der Waals surface area contributed by atoms with Gasteiger partial charge in [-0.15, -0.1) is 11.6 Å². The predicted molar refractivity (Wildman–Crippen MR) is 60.8 cm³/mol. The monoisotopic (exact) mass is 220 g/mol. The van der Waals surface area contributed by atoms with Crippen molar-refractivity contribution in [2.75, 3.05) is 20.1 Å². The third kappa shape index (κ3) is 8.54. The van der Waals surface area contributed by atoms with E-state index in [0.29, 0.717) is 5.88 Å². The summed E-state index contributed by atoms with van der Waals surface area (Å²) in [5.41, 5.74) is 0. The molecule has 0 aromatic heterocycles. The lowest BCUT2D eigenvalue weighted by Gasteiger charge is -2.11. The lowest BCUT2D eigenvalue weighted by molar-refractivity contribution is -0.107. The van der Waals surface area contributed by atoms with E-state index in [1.54, 1.807) is 14.2 Å². The molecule has 0 spiro atoms. The minimum Gasteiger partial charge on any atom is -0.356 e. The van der Waals surface area contributed by atoms with Gasteiger partial charge in [0.15, 0.2) is 6.29 Å². The van der Waals surface area contributed by atoms with Crippen LogP contribution in [0.3, 0.4) is 0 Å². The van der Waals surface area contributed by atoms with Crippen molar-refractivity contribution >= 4 is 11.6 Å². The normalized spacial score (nSPS) is 11.7. The van der Waals surface area contributed by atoms with Gasteiger partial charge in [0.05, 0.1) is 0 Å². The number of hydrogen-bond donors (Lipinski definition) is 0. The molecule has 0 saturated heterocycles. The largest absolute Gasteiger partial charge is 0.356 e. The van der Waals surface area contributed by atoms with Gasteiger partial charge < -0.3 is 9.47 Å². The van der Waals surface area contributed by atoms with E-state index >= 15 is 0 Å². The molecule has 0 N–H and O–H groups in total. The molecule has 0 heterocycles. The number of unbranched alkanes of at least 4 members (excludes halogenated alkanes) is 2. The molecule has 3 heteroatoms. The zero-order chi connectivity index (χ0) is 10.6. The van der Waals surface area contributed by atoms with E-state index in [0.717, 1.165) is 25.7 Å². The minimum absolute atomic E-state index is 0.0400. The highest BCUT2D eigenvalue weighted by atomic mass is 35.5. The molecule has 0 amide bonds. The zero-order valence-electron chi connectivity index (χ0n) is 9.17. The summed E-state index contributed by atoms with van der Waals surface area (Å²) in [5, 5.41) is 0. The summed E-state index contributed by atoms with van der Waals surface area (Å²) in [6.07, 6.45) is 9.67. The number of methoxy groups -OCH3 is 2. The fourth-order valence-corrected chi connectivity index (χ4v) is 1.33. The Bertz CT molecular complexity index is 133. The molecule has 0 unspecified atom stereocenters. The molecule has 0 aliphatic rings. The first-order valence-corrected chi connectivity index (χ1v) is 5.65. The first-order chi connectivity index (χ1) is 6.85. The van der Waals surface area contributed by atoms with Gasteiger partial charge in [-0.25, -0.2) is 0 Å². The summed E-state index contributed by atoms with van der Waals surface area (Å²) in [6, 6.07) is 0. The average molecular weight is 221 g/mol. The lowest BCUT2D eigenvalue weighted by atomic mass is 10.2. The van der Waals surface area contributed by atoms with Crippen LogP contribution < -0.4 is 0 Å². The minimum atomic E-state index is -0.0400. The van der Waals surface area contributed by atoms with Crippen LogP contribution in [0.25, 0.3) is 0 Å². The smallest absolute Gasteiger partial charge is 0.156 e. The number of allylic oxidation sites excluding steroid dienone is 2. The fraction of sp³-hybridized carbons (Fsp3) is 0.818. The number of halogens is 1. The molecule has 0 atom stereocenters. The molecular formula is C11H21ClO2. The van der Waals surface area contributed by atoms with Gasteiger partial charge in [-0.1, -0.05) is 12.2 Å². The van der Waals surface area contributed by atoms with Crippen LogP contribution in [0.5, 0.6) is 0 Å².